The maximum Gasteiger partial charge on any atom is 0.433 e. The van der Waals surface area contributed by atoms with Gasteiger partial charge in [0, 0.05) is 23.7 Å². The molecule has 5 nitrogen and oxygen atoms in total. The molecule has 29 heavy (non-hydrogen) atoms. The van der Waals surface area contributed by atoms with E-state index in [1.54, 1.807) is 5.32 Å². The molecule has 1 N–H and O–H groups in total. The molecule has 2 aromatic heterocycles. The van der Waals surface area contributed by atoms with Crippen molar-refractivity contribution in [3.63, 3.8) is 0 Å². The fourth-order valence-corrected chi connectivity index (χ4v) is 2.76. The van der Waals surface area contributed by atoms with Crippen LogP contribution < -0.4 is 5.32 Å². The monoisotopic (exact) mass is 418 g/mol. The molecule has 0 spiro atoms. The molecule has 1 saturated carbocycles. The zero-order chi connectivity index (χ0) is 21.1. The number of anilines is 1. The van der Waals surface area contributed by atoms with Gasteiger partial charge in [0.2, 0.25) is 0 Å². The van der Waals surface area contributed by atoms with Crippen molar-refractivity contribution in [3.05, 3.63) is 58.5 Å². The van der Waals surface area contributed by atoms with E-state index < -0.39 is 52.4 Å². The third-order valence-corrected chi connectivity index (χ3v) is 4.32. The highest BCUT2D eigenvalue weighted by atomic mass is 19.4. The molecule has 0 atom stereocenters. The van der Waals surface area contributed by atoms with Crippen molar-refractivity contribution in [3.8, 4) is 0 Å². The number of benzene rings is 1. The van der Waals surface area contributed by atoms with Gasteiger partial charge in [0.1, 0.15) is 11.4 Å². The summed E-state index contributed by atoms with van der Waals surface area (Å²) in [5.74, 6) is -8.77. The van der Waals surface area contributed by atoms with E-state index in [0.717, 1.165) is 12.1 Å². The van der Waals surface area contributed by atoms with E-state index in [0.29, 0.717) is 17.4 Å². The summed E-state index contributed by atoms with van der Waals surface area (Å²) in [5, 5.41) is 5.08. The second kappa shape index (κ2) is 6.42. The van der Waals surface area contributed by atoms with E-state index in [-0.39, 0.29) is 23.3 Å². The molecular formula is C17H9F7N4O. The van der Waals surface area contributed by atoms with Gasteiger partial charge in [0.15, 0.2) is 34.6 Å². The first-order valence-electron chi connectivity index (χ1n) is 8.18. The number of carbonyl (C=O) groups is 1. The molecule has 4 rings (SSSR count). The highest BCUT2D eigenvalue weighted by Gasteiger charge is 2.37. The number of nitrogens with zero attached hydrogens (tertiary/aromatic N) is 3. The molecular weight excluding hydrogens is 409 g/mol. The zero-order valence-corrected chi connectivity index (χ0v) is 14.1. The van der Waals surface area contributed by atoms with E-state index in [2.05, 4.69) is 10.1 Å². The number of fused-ring (bicyclic) bond motifs is 1. The molecule has 0 saturated heterocycles. The van der Waals surface area contributed by atoms with Crippen molar-refractivity contribution >= 4 is 17.2 Å². The highest BCUT2D eigenvalue weighted by molar-refractivity contribution is 6.03. The molecule has 1 aromatic carbocycles. The van der Waals surface area contributed by atoms with Crippen molar-refractivity contribution in [2.24, 2.45) is 0 Å². The van der Waals surface area contributed by atoms with E-state index in [1.165, 1.54) is 0 Å². The third kappa shape index (κ3) is 3.38. The quantitative estimate of drug-likeness (QED) is 0.506. The van der Waals surface area contributed by atoms with Gasteiger partial charge in [-0.15, -0.1) is 0 Å². The lowest BCUT2D eigenvalue weighted by Crippen LogP contribution is -2.17. The van der Waals surface area contributed by atoms with Gasteiger partial charge in [0.05, 0.1) is 0 Å². The normalized spacial score (nSPS) is 14.4. The molecule has 0 radical (unpaired) electrons. The van der Waals surface area contributed by atoms with Crippen molar-refractivity contribution in [1.82, 2.24) is 14.6 Å². The molecule has 12 heteroatoms. The zero-order valence-electron chi connectivity index (χ0n) is 14.1. The molecule has 0 unspecified atom stereocenters. The Balaban J connectivity index is 1.76. The van der Waals surface area contributed by atoms with Crippen LogP contribution in [0.2, 0.25) is 0 Å². The van der Waals surface area contributed by atoms with Crippen LogP contribution in [0.3, 0.4) is 0 Å². The summed E-state index contributed by atoms with van der Waals surface area (Å²) in [5.41, 5.74) is -3.41. The standard InChI is InChI=1S/C17H9F7N4O/c18-7-3-8(19)14(21)15(13(7)20)26-16(29)10-5-12-25-9(6-1-2-6)4-11(17(22,23)24)28(12)27-10/h3-6H,1-2H2,(H,26,29). The topological polar surface area (TPSA) is 59.3 Å². The number of aromatic nitrogens is 3. The molecule has 1 amide bonds. The Labute approximate surface area is 157 Å². The number of halogens is 7. The minimum absolute atomic E-state index is 0.0514. The lowest BCUT2D eigenvalue weighted by molar-refractivity contribution is -0.142. The van der Waals surface area contributed by atoms with Crippen molar-refractivity contribution < 1.29 is 35.5 Å². The number of hydrogen-bond donors (Lipinski definition) is 1. The van der Waals surface area contributed by atoms with Crippen molar-refractivity contribution in [1.29, 1.82) is 0 Å². The van der Waals surface area contributed by atoms with Crippen LogP contribution in [-0.2, 0) is 6.18 Å². The van der Waals surface area contributed by atoms with Gasteiger partial charge in [-0.05, 0) is 18.9 Å². The van der Waals surface area contributed by atoms with Gasteiger partial charge in [-0.1, -0.05) is 0 Å². The molecule has 3 aromatic rings. The Hall–Kier alpha value is -3.18. The van der Waals surface area contributed by atoms with E-state index in [9.17, 15) is 35.5 Å². The Kier molecular flexibility index (Phi) is 4.24. The van der Waals surface area contributed by atoms with E-state index in [4.69, 9.17) is 0 Å². The van der Waals surface area contributed by atoms with Gasteiger partial charge in [-0.2, -0.15) is 18.3 Å². The summed E-state index contributed by atoms with van der Waals surface area (Å²) in [7, 11) is 0. The van der Waals surface area contributed by atoms with Crippen molar-refractivity contribution in [2.45, 2.75) is 24.9 Å². The fraction of sp³-hybridized carbons (Fsp3) is 0.235. The highest BCUT2D eigenvalue weighted by Crippen LogP contribution is 2.41. The number of hydrogen-bond acceptors (Lipinski definition) is 3. The molecule has 1 aliphatic carbocycles. The minimum atomic E-state index is -4.81. The predicted octanol–water partition coefficient (Wildman–Crippen LogP) is 4.43. The summed E-state index contributed by atoms with van der Waals surface area (Å²) in [6.45, 7) is 0. The third-order valence-electron chi connectivity index (χ3n) is 4.32. The summed E-state index contributed by atoms with van der Waals surface area (Å²) < 4.78 is 94.4. The van der Waals surface area contributed by atoms with Crippen LogP contribution in [0.1, 0.15) is 40.6 Å². The molecule has 1 fully saturated rings. The second-order valence-corrected chi connectivity index (χ2v) is 6.44. The Morgan fingerprint density at radius 1 is 1.03 bits per heavy atom. The Bertz CT molecular complexity index is 1120. The van der Waals surface area contributed by atoms with Crippen LogP contribution in [0.25, 0.3) is 5.65 Å². The number of rotatable bonds is 3. The lowest BCUT2D eigenvalue weighted by Gasteiger charge is -2.10. The van der Waals surface area contributed by atoms with Gasteiger partial charge in [0.25, 0.3) is 5.91 Å². The van der Waals surface area contributed by atoms with Crippen molar-refractivity contribution in [2.75, 3.05) is 5.32 Å². The van der Waals surface area contributed by atoms with Crippen LogP contribution in [0, 0.1) is 23.3 Å². The second-order valence-electron chi connectivity index (χ2n) is 6.44. The van der Waals surface area contributed by atoms with Crippen LogP contribution in [0.5, 0.6) is 0 Å². The molecule has 0 bridgehead atoms. The lowest BCUT2D eigenvalue weighted by atomic mass is 10.2. The number of carbonyl (C=O) groups excluding carboxylic acids is 1. The van der Waals surface area contributed by atoms with E-state index in [1.807, 2.05) is 0 Å². The number of nitrogens with one attached hydrogen (secondary N) is 1. The maximum atomic E-state index is 13.7. The van der Waals surface area contributed by atoms with Crippen LogP contribution in [0.4, 0.5) is 36.4 Å². The van der Waals surface area contributed by atoms with Crippen LogP contribution in [0.15, 0.2) is 18.2 Å². The van der Waals surface area contributed by atoms with Gasteiger partial charge >= 0.3 is 6.18 Å². The average Bonchev–Trinajstić information content (AvgIpc) is 3.40. The first-order chi connectivity index (χ1) is 13.6. The van der Waals surface area contributed by atoms with E-state index >= 15 is 0 Å². The largest absolute Gasteiger partial charge is 0.433 e. The SMILES string of the molecule is O=C(Nc1c(F)c(F)cc(F)c1F)c1cc2nc(C3CC3)cc(C(F)(F)F)n2n1. The molecule has 2 heterocycles. The number of amides is 1. The first-order valence-corrected chi connectivity index (χ1v) is 8.18. The Morgan fingerprint density at radius 3 is 2.21 bits per heavy atom. The fourth-order valence-electron chi connectivity index (χ4n) is 2.76. The smallest absolute Gasteiger partial charge is 0.315 e. The van der Waals surface area contributed by atoms with Gasteiger partial charge < -0.3 is 5.32 Å². The summed E-state index contributed by atoms with van der Waals surface area (Å²) in [6, 6.07) is 1.65. The van der Waals surface area contributed by atoms with Crippen LogP contribution in [-0.4, -0.2) is 20.5 Å². The maximum absolute atomic E-state index is 13.7. The first kappa shape index (κ1) is 19.2. The van der Waals surface area contributed by atoms with Crippen LogP contribution >= 0.6 is 0 Å². The molecule has 1 aliphatic rings. The number of alkyl halides is 3. The molecule has 152 valence electrons. The summed E-state index contributed by atoms with van der Waals surface area (Å²) in [6.07, 6.45) is -3.47. The predicted molar refractivity (Wildman–Crippen MR) is 84.2 cm³/mol. The minimum Gasteiger partial charge on any atom is -0.315 e. The Morgan fingerprint density at radius 2 is 1.66 bits per heavy atom. The summed E-state index contributed by atoms with van der Waals surface area (Å²) in [4.78, 5) is 16.3. The average molecular weight is 418 g/mol. The molecule has 0 aliphatic heterocycles. The summed E-state index contributed by atoms with van der Waals surface area (Å²) >= 11 is 0. The van der Waals surface area contributed by atoms with Gasteiger partial charge in [-0.25, -0.2) is 27.1 Å². The van der Waals surface area contributed by atoms with Gasteiger partial charge in [-0.3, -0.25) is 4.79 Å².